The maximum atomic E-state index is 11.4. The van der Waals surface area contributed by atoms with E-state index in [0.717, 1.165) is 0 Å². The molecule has 1 aromatic rings. The summed E-state index contributed by atoms with van der Waals surface area (Å²) >= 11 is 0. The summed E-state index contributed by atoms with van der Waals surface area (Å²) in [5.74, 6) is 0.833. The van der Waals surface area contributed by atoms with Gasteiger partial charge in [0.25, 0.3) is 0 Å². The van der Waals surface area contributed by atoms with Gasteiger partial charge in [-0.3, -0.25) is 4.79 Å². The van der Waals surface area contributed by atoms with Gasteiger partial charge in [0.05, 0.1) is 12.6 Å². The number of nitrogens with one attached hydrogen (secondary N) is 1. The first kappa shape index (κ1) is 11.6. The third kappa shape index (κ3) is 3.32. The van der Waals surface area contributed by atoms with Gasteiger partial charge < -0.3 is 15.6 Å². The summed E-state index contributed by atoms with van der Waals surface area (Å²) in [4.78, 5) is 15.4. The molecular weight excluding hydrogens is 196 g/mol. The van der Waals surface area contributed by atoms with E-state index in [2.05, 4.69) is 15.5 Å². The predicted octanol–water partition coefficient (Wildman–Crippen LogP) is -0.0225. The van der Waals surface area contributed by atoms with Crippen LogP contribution in [0.4, 0.5) is 0 Å². The fourth-order valence-electron chi connectivity index (χ4n) is 0.995. The molecule has 0 aromatic carbocycles. The minimum Gasteiger partial charge on any atom is -0.346 e. The molecule has 1 heterocycles. The number of aryl methyl sites for hydroxylation is 1. The Kier molecular flexibility index (Phi) is 3.79. The molecule has 0 saturated heterocycles. The number of nitrogens with zero attached hydrogens (tertiary/aromatic N) is 2. The highest BCUT2D eigenvalue weighted by molar-refractivity contribution is 5.81. The molecule has 0 aliphatic rings. The monoisotopic (exact) mass is 212 g/mol. The van der Waals surface area contributed by atoms with Crippen molar-refractivity contribution in [2.45, 2.75) is 33.4 Å². The summed E-state index contributed by atoms with van der Waals surface area (Å²) in [5, 5.41) is 6.24. The van der Waals surface area contributed by atoms with Crippen molar-refractivity contribution in [2.24, 2.45) is 11.7 Å². The van der Waals surface area contributed by atoms with E-state index in [1.807, 2.05) is 13.8 Å². The topological polar surface area (TPSA) is 94.0 Å². The van der Waals surface area contributed by atoms with Crippen molar-refractivity contribution < 1.29 is 9.32 Å². The Morgan fingerprint density at radius 3 is 2.73 bits per heavy atom. The Bertz CT molecular complexity index is 335. The van der Waals surface area contributed by atoms with Crippen molar-refractivity contribution in [1.29, 1.82) is 0 Å². The van der Waals surface area contributed by atoms with E-state index in [9.17, 15) is 4.79 Å². The van der Waals surface area contributed by atoms with Crippen LogP contribution < -0.4 is 11.1 Å². The van der Waals surface area contributed by atoms with E-state index in [1.54, 1.807) is 6.92 Å². The smallest absolute Gasteiger partial charge is 0.246 e. The van der Waals surface area contributed by atoms with E-state index in [4.69, 9.17) is 10.3 Å². The van der Waals surface area contributed by atoms with Crippen LogP contribution in [-0.2, 0) is 11.3 Å². The van der Waals surface area contributed by atoms with Crippen molar-refractivity contribution in [3.05, 3.63) is 11.7 Å². The molecule has 1 unspecified atom stereocenters. The lowest BCUT2D eigenvalue weighted by Gasteiger charge is -2.14. The lowest BCUT2D eigenvalue weighted by atomic mass is 10.1. The Morgan fingerprint density at radius 2 is 2.27 bits per heavy atom. The van der Waals surface area contributed by atoms with Crippen molar-refractivity contribution in [3.8, 4) is 0 Å². The Balaban J connectivity index is 2.40. The first-order chi connectivity index (χ1) is 7.00. The number of amides is 1. The molecule has 6 heteroatoms. The van der Waals surface area contributed by atoms with Crippen molar-refractivity contribution in [3.63, 3.8) is 0 Å². The van der Waals surface area contributed by atoms with Crippen LogP contribution in [0.2, 0.25) is 0 Å². The molecule has 1 amide bonds. The average Bonchev–Trinajstić information content (AvgIpc) is 2.59. The van der Waals surface area contributed by atoms with E-state index in [0.29, 0.717) is 11.7 Å². The van der Waals surface area contributed by atoms with Crippen LogP contribution >= 0.6 is 0 Å². The van der Waals surface area contributed by atoms with Crippen molar-refractivity contribution in [1.82, 2.24) is 15.5 Å². The Labute approximate surface area is 88.2 Å². The zero-order chi connectivity index (χ0) is 11.4. The number of hydrogen-bond donors (Lipinski definition) is 2. The van der Waals surface area contributed by atoms with Gasteiger partial charge in [-0.2, -0.15) is 4.98 Å². The van der Waals surface area contributed by atoms with Crippen molar-refractivity contribution in [2.75, 3.05) is 0 Å². The largest absolute Gasteiger partial charge is 0.346 e. The average molecular weight is 212 g/mol. The molecule has 0 saturated carbocycles. The summed E-state index contributed by atoms with van der Waals surface area (Å²) in [6.45, 7) is 5.72. The molecule has 0 bridgehead atoms. The molecule has 1 aromatic heterocycles. The summed E-state index contributed by atoms with van der Waals surface area (Å²) in [7, 11) is 0. The van der Waals surface area contributed by atoms with E-state index >= 15 is 0 Å². The van der Waals surface area contributed by atoms with Gasteiger partial charge >= 0.3 is 0 Å². The van der Waals surface area contributed by atoms with Crippen LogP contribution in [0.1, 0.15) is 25.6 Å². The van der Waals surface area contributed by atoms with Crippen LogP contribution in [0, 0.1) is 12.8 Å². The Morgan fingerprint density at radius 1 is 1.60 bits per heavy atom. The summed E-state index contributed by atoms with van der Waals surface area (Å²) in [5.41, 5.74) is 5.65. The standard InChI is InChI=1S/C9H16N4O2/c1-5(2)8(10)9(14)11-4-7-12-6(3)13-15-7/h5,8H,4,10H2,1-3H3,(H,11,14). The molecule has 84 valence electrons. The minimum absolute atomic E-state index is 0.106. The second kappa shape index (κ2) is 4.88. The summed E-state index contributed by atoms with van der Waals surface area (Å²) in [6, 6.07) is -0.506. The summed E-state index contributed by atoms with van der Waals surface area (Å²) < 4.78 is 4.84. The molecule has 0 aliphatic carbocycles. The normalized spacial score (nSPS) is 12.9. The highest BCUT2D eigenvalue weighted by atomic mass is 16.5. The van der Waals surface area contributed by atoms with E-state index in [1.165, 1.54) is 0 Å². The first-order valence-corrected chi connectivity index (χ1v) is 4.83. The lowest BCUT2D eigenvalue weighted by Crippen LogP contribution is -2.43. The van der Waals surface area contributed by atoms with Gasteiger partial charge in [0.1, 0.15) is 0 Å². The highest BCUT2D eigenvalue weighted by Crippen LogP contribution is 1.99. The zero-order valence-electron chi connectivity index (χ0n) is 9.15. The van der Waals surface area contributed by atoms with Gasteiger partial charge in [-0.1, -0.05) is 19.0 Å². The quantitative estimate of drug-likeness (QED) is 0.731. The first-order valence-electron chi connectivity index (χ1n) is 4.83. The Hall–Kier alpha value is -1.43. The van der Waals surface area contributed by atoms with E-state index < -0.39 is 6.04 Å². The van der Waals surface area contributed by atoms with Gasteiger partial charge in [-0.15, -0.1) is 0 Å². The number of carbonyl (C=O) groups excluding carboxylic acids is 1. The number of carbonyl (C=O) groups is 1. The molecule has 15 heavy (non-hydrogen) atoms. The molecular formula is C9H16N4O2. The second-order valence-corrected chi connectivity index (χ2v) is 3.72. The van der Waals surface area contributed by atoms with Crippen LogP contribution in [-0.4, -0.2) is 22.1 Å². The number of hydrogen-bond acceptors (Lipinski definition) is 5. The predicted molar refractivity (Wildman–Crippen MR) is 53.7 cm³/mol. The number of rotatable bonds is 4. The van der Waals surface area contributed by atoms with Gasteiger partial charge in [-0.05, 0) is 12.8 Å². The summed E-state index contributed by atoms with van der Waals surface area (Å²) in [6.07, 6.45) is 0. The third-order valence-electron chi connectivity index (χ3n) is 2.00. The van der Waals surface area contributed by atoms with Gasteiger partial charge in [0.15, 0.2) is 5.82 Å². The second-order valence-electron chi connectivity index (χ2n) is 3.72. The molecule has 1 atom stereocenters. The van der Waals surface area contributed by atoms with Gasteiger partial charge in [0, 0.05) is 0 Å². The molecule has 1 rings (SSSR count). The fourth-order valence-corrected chi connectivity index (χ4v) is 0.995. The lowest BCUT2D eigenvalue weighted by molar-refractivity contribution is -0.123. The number of nitrogens with two attached hydrogens (primary N) is 1. The molecule has 6 nitrogen and oxygen atoms in total. The molecule has 0 fully saturated rings. The van der Waals surface area contributed by atoms with Gasteiger partial charge in [-0.25, -0.2) is 0 Å². The van der Waals surface area contributed by atoms with Crippen LogP contribution in [0.25, 0.3) is 0 Å². The highest BCUT2D eigenvalue weighted by Gasteiger charge is 2.17. The van der Waals surface area contributed by atoms with Crippen LogP contribution in [0.3, 0.4) is 0 Å². The zero-order valence-corrected chi connectivity index (χ0v) is 9.15. The molecule has 0 aliphatic heterocycles. The molecule has 0 radical (unpaired) electrons. The van der Waals surface area contributed by atoms with E-state index in [-0.39, 0.29) is 18.4 Å². The van der Waals surface area contributed by atoms with Crippen LogP contribution in [0.15, 0.2) is 4.52 Å². The third-order valence-corrected chi connectivity index (χ3v) is 2.00. The van der Waals surface area contributed by atoms with Crippen molar-refractivity contribution >= 4 is 5.91 Å². The maximum absolute atomic E-state index is 11.4. The molecule has 3 N–H and O–H groups in total. The van der Waals surface area contributed by atoms with Gasteiger partial charge in [0.2, 0.25) is 11.8 Å². The SMILES string of the molecule is Cc1noc(CNC(=O)C(N)C(C)C)n1. The molecule has 0 spiro atoms. The maximum Gasteiger partial charge on any atom is 0.246 e. The van der Waals surface area contributed by atoms with Crippen LogP contribution in [0.5, 0.6) is 0 Å². The fraction of sp³-hybridized carbons (Fsp3) is 0.667. The number of aromatic nitrogens is 2. The minimum atomic E-state index is -0.506.